The van der Waals surface area contributed by atoms with Crippen LogP contribution in [0.1, 0.15) is 55.4 Å². The fraction of sp³-hybridized carbons (Fsp3) is 0.526. The molecule has 0 spiro atoms. The Morgan fingerprint density at radius 2 is 2.24 bits per heavy atom. The van der Waals surface area contributed by atoms with Crippen molar-refractivity contribution in [3.63, 3.8) is 0 Å². The van der Waals surface area contributed by atoms with Crippen molar-refractivity contribution >= 4 is 5.91 Å². The second-order valence-electron chi connectivity index (χ2n) is 6.54. The number of benzene rings is 1. The van der Waals surface area contributed by atoms with Crippen LogP contribution in [0.4, 0.5) is 0 Å². The van der Waals surface area contributed by atoms with Crippen molar-refractivity contribution in [3.8, 4) is 5.75 Å². The van der Waals surface area contributed by atoms with Gasteiger partial charge in [-0.15, -0.1) is 0 Å². The van der Waals surface area contributed by atoms with E-state index in [4.69, 9.17) is 9.26 Å². The lowest BCUT2D eigenvalue weighted by molar-refractivity contribution is -0.132. The molecule has 3 rings (SSSR count). The van der Waals surface area contributed by atoms with E-state index in [1.54, 1.807) is 6.92 Å². The Kier molecular flexibility index (Phi) is 5.68. The third-order valence-corrected chi connectivity index (χ3v) is 4.46. The van der Waals surface area contributed by atoms with Crippen molar-refractivity contribution < 1.29 is 14.1 Å². The summed E-state index contributed by atoms with van der Waals surface area (Å²) in [6.45, 7) is 5.22. The highest BCUT2D eigenvalue weighted by molar-refractivity contribution is 5.76. The average Bonchev–Trinajstić information content (AvgIpc) is 3.23. The predicted octanol–water partition coefficient (Wildman–Crippen LogP) is 3.60. The molecule has 6 nitrogen and oxygen atoms in total. The van der Waals surface area contributed by atoms with Gasteiger partial charge in [-0.05, 0) is 50.3 Å². The van der Waals surface area contributed by atoms with Crippen molar-refractivity contribution in [1.29, 1.82) is 0 Å². The first-order valence-corrected chi connectivity index (χ1v) is 8.92. The van der Waals surface area contributed by atoms with Crippen LogP contribution in [0.2, 0.25) is 0 Å². The van der Waals surface area contributed by atoms with Gasteiger partial charge in [-0.25, -0.2) is 0 Å². The van der Waals surface area contributed by atoms with E-state index in [9.17, 15) is 4.79 Å². The van der Waals surface area contributed by atoms with E-state index < -0.39 is 0 Å². The summed E-state index contributed by atoms with van der Waals surface area (Å²) in [6.07, 6.45) is 4.10. The fourth-order valence-corrected chi connectivity index (χ4v) is 3.20. The van der Waals surface area contributed by atoms with Crippen molar-refractivity contribution in [1.82, 2.24) is 15.0 Å². The van der Waals surface area contributed by atoms with E-state index in [1.807, 2.05) is 36.1 Å². The maximum absolute atomic E-state index is 12.5. The monoisotopic (exact) mass is 343 g/mol. The normalized spacial score (nSPS) is 17.0. The summed E-state index contributed by atoms with van der Waals surface area (Å²) >= 11 is 0. The lowest BCUT2D eigenvalue weighted by atomic mass is 10.2. The molecule has 1 aromatic carbocycles. The van der Waals surface area contributed by atoms with Crippen LogP contribution in [0.15, 0.2) is 28.8 Å². The molecule has 134 valence electrons. The Morgan fingerprint density at radius 3 is 3.00 bits per heavy atom. The maximum Gasteiger partial charge on any atom is 0.223 e. The van der Waals surface area contributed by atoms with E-state index in [0.717, 1.165) is 38.0 Å². The third-order valence-electron chi connectivity index (χ3n) is 4.46. The number of carbonyl (C=O) groups is 1. The summed E-state index contributed by atoms with van der Waals surface area (Å²) in [5.74, 6) is 2.23. The number of carbonyl (C=O) groups excluding carboxylic acids is 1. The highest BCUT2D eigenvalue weighted by Crippen LogP contribution is 2.30. The van der Waals surface area contributed by atoms with Crippen LogP contribution in [0.25, 0.3) is 0 Å². The van der Waals surface area contributed by atoms with Crippen LogP contribution in [0.3, 0.4) is 0 Å². The largest absolute Gasteiger partial charge is 0.494 e. The van der Waals surface area contributed by atoms with Gasteiger partial charge in [0.05, 0.1) is 12.6 Å². The molecule has 1 amide bonds. The number of likely N-dealkylation sites (tertiary alicyclic amines) is 1. The number of rotatable bonds is 7. The molecule has 0 saturated carbocycles. The van der Waals surface area contributed by atoms with Gasteiger partial charge < -0.3 is 14.2 Å². The van der Waals surface area contributed by atoms with Crippen LogP contribution in [0.5, 0.6) is 5.75 Å². The van der Waals surface area contributed by atoms with Crippen LogP contribution >= 0.6 is 0 Å². The molecule has 2 aromatic rings. The standard InChI is InChI=1S/C19H25N3O3/c1-14-7-5-8-16(13-14)24-12-4-3-10-18(23)22-11-6-9-17(22)19-20-15(2)25-21-19/h5,7-8,13,17H,3-4,6,9-12H2,1-2H3. The minimum Gasteiger partial charge on any atom is -0.494 e. The number of hydrogen-bond acceptors (Lipinski definition) is 5. The smallest absolute Gasteiger partial charge is 0.223 e. The zero-order valence-electron chi connectivity index (χ0n) is 14.9. The molecule has 0 aliphatic carbocycles. The lowest BCUT2D eigenvalue weighted by Crippen LogP contribution is -2.30. The van der Waals surface area contributed by atoms with Crippen molar-refractivity contribution in [2.75, 3.05) is 13.2 Å². The molecular weight excluding hydrogens is 318 g/mol. The van der Waals surface area contributed by atoms with E-state index in [0.29, 0.717) is 24.7 Å². The third kappa shape index (κ3) is 4.59. The second kappa shape index (κ2) is 8.14. The predicted molar refractivity (Wildman–Crippen MR) is 93.2 cm³/mol. The number of aromatic nitrogens is 2. The molecule has 1 saturated heterocycles. The second-order valence-corrected chi connectivity index (χ2v) is 6.54. The molecule has 0 bridgehead atoms. The molecular formula is C19H25N3O3. The number of hydrogen-bond donors (Lipinski definition) is 0. The number of ether oxygens (including phenoxy) is 1. The van der Waals surface area contributed by atoms with Gasteiger partial charge in [0, 0.05) is 19.9 Å². The van der Waals surface area contributed by atoms with Crippen molar-refractivity contribution in [2.45, 2.75) is 52.0 Å². The van der Waals surface area contributed by atoms with Crippen LogP contribution < -0.4 is 4.74 Å². The van der Waals surface area contributed by atoms with Crippen LogP contribution in [-0.2, 0) is 4.79 Å². The van der Waals surface area contributed by atoms with Crippen LogP contribution in [-0.4, -0.2) is 34.1 Å². The molecule has 1 unspecified atom stereocenters. The first-order valence-electron chi connectivity index (χ1n) is 8.92. The lowest BCUT2D eigenvalue weighted by Gasteiger charge is -2.22. The van der Waals surface area contributed by atoms with Crippen molar-refractivity contribution in [3.05, 3.63) is 41.5 Å². The molecule has 1 fully saturated rings. The maximum atomic E-state index is 12.5. The minimum absolute atomic E-state index is 0.0338. The molecule has 1 aromatic heterocycles. The summed E-state index contributed by atoms with van der Waals surface area (Å²) < 4.78 is 10.8. The summed E-state index contributed by atoms with van der Waals surface area (Å²) in [5, 5.41) is 3.98. The molecule has 1 aliphatic rings. The average molecular weight is 343 g/mol. The first-order chi connectivity index (χ1) is 12.1. The van der Waals surface area contributed by atoms with Gasteiger partial charge in [-0.2, -0.15) is 4.98 Å². The van der Waals surface area contributed by atoms with E-state index >= 15 is 0 Å². The highest BCUT2D eigenvalue weighted by Gasteiger charge is 2.32. The zero-order chi connectivity index (χ0) is 17.6. The molecule has 0 N–H and O–H groups in total. The number of unbranched alkanes of at least 4 members (excludes halogenated alkanes) is 1. The van der Waals surface area contributed by atoms with Gasteiger partial charge in [0.15, 0.2) is 5.82 Å². The highest BCUT2D eigenvalue weighted by atomic mass is 16.5. The van der Waals surface area contributed by atoms with E-state index in [-0.39, 0.29) is 11.9 Å². The molecule has 25 heavy (non-hydrogen) atoms. The first kappa shape index (κ1) is 17.5. The summed E-state index contributed by atoms with van der Waals surface area (Å²) in [7, 11) is 0. The van der Waals surface area contributed by atoms with Gasteiger partial charge >= 0.3 is 0 Å². The minimum atomic E-state index is -0.0338. The molecule has 6 heteroatoms. The van der Waals surface area contributed by atoms with E-state index in [2.05, 4.69) is 10.1 Å². The summed E-state index contributed by atoms with van der Waals surface area (Å²) in [5.41, 5.74) is 1.18. The number of amides is 1. The Balaban J connectivity index is 1.41. The quantitative estimate of drug-likeness (QED) is 0.719. The topological polar surface area (TPSA) is 68.5 Å². The molecule has 1 atom stereocenters. The van der Waals surface area contributed by atoms with Crippen LogP contribution in [0, 0.1) is 13.8 Å². The zero-order valence-corrected chi connectivity index (χ0v) is 14.9. The SMILES string of the molecule is Cc1cccc(OCCCCC(=O)N2CCCC2c2noc(C)n2)c1. The molecule has 2 heterocycles. The van der Waals surface area contributed by atoms with E-state index in [1.165, 1.54) is 5.56 Å². The Bertz CT molecular complexity index is 713. The van der Waals surface area contributed by atoms with Gasteiger partial charge in [0.25, 0.3) is 0 Å². The fourth-order valence-electron chi connectivity index (χ4n) is 3.20. The Hall–Kier alpha value is -2.37. The van der Waals surface area contributed by atoms with Gasteiger partial charge in [-0.1, -0.05) is 17.3 Å². The van der Waals surface area contributed by atoms with Gasteiger partial charge in [0.2, 0.25) is 11.8 Å². The molecule has 1 aliphatic heterocycles. The Morgan fingerprint density at radius 1 is 1.36 bits per heavy atom. The van der Waals surface area contributed by atoms with Crippen molar-refractivity contribution in [2.24, 2.45) is 0 Å². The molecule has 0 radical (unpaired) electrons. The van der Waals surface area contributed by atoms with Gasteiger partial charge in [-0.3, -0.25) is 4.79 Å². The summed E-state index contributed by atoms with van der Waals surface area (Å²) in [4.78, 5) is 18.7. The number of nitrogens with zero attached hydrogens (tertiary/aromatic N) is 3. The van der Waals surface area contributed by atoms with Gasteiger partial charge in [0.1, 0.15) is 5.75 Å². The summed E-state index contributed by atoms with van der Waals surface area (Å²) in [6, 6.07) is 7.98. The number of aryl methyl sites for hydroxylation is 2. The Labute approximate surface area is 148 Å².